The van der Waals surface area contributed by atoms with E-state index >= 15 is 0 Å². The predicted molar refractivity (Wildman–Crippen MR) is 51.3 cm³/mol. The number of nitriles is 1. The molecule has 1 aliphatic heterocycles. The molecule has 0 bridgehead atoms. The van der Waals surface area contributed by atoms with Crippen LogP contribution in [0.1, 0.15) is 26.7 Å². The van der Waals surface area contributed by atoms with Gasteiger partial charge in [0.05, 0.1) is 25.7 Å². The van der Waals surface area contributed by atoms with Crippen LogP contribution in [0.2, 0.25) is 0 Å². The molecule has 1 heterocycles. The van der Waals surface area contributed by atoms with Crippen LogP contribution in [0.3, 0.4) is 0 Å². The number of morpholine rings is 1. The third-order valence-electron chi connectivity index (χ3n) is 2.69. The van der Waals surface area contributed by atoms with Crippen molar-refractivity contribution in [2.45, 2.75) is 38.8 Å². The Morgan fingerprint density at radius 1 is 1.69 bits per heavy atom. The molecule has 1 rings (SSSR count). The van der Waals surface area contributed by atoms with Crippen molar-refractivity contribution in [2.75, 3.05) is 19.8 Å². The second-order valence-electron chi connectivity index (χ2n) is 3.59. The number of nitrogens with zero attached hydrogens (tertiary/aromatic N) is 2. The summed E-state index contributed by atoms with van der Waals surface area (Å²) in [4.78, 5) is 2.40. The monoisotopic (exact) mass is 182 g/mol. The zero-order valence-electron chi connectivity index (χ0n) is 8.49. The molecule has 2 unspecified atom stereocenters. The van der Waals surface area contributed by atoms with Gasteiger partial charge in [-0.25, -0.2) is 0 Å². The summed E-state index contributed by atoms with van der Waals surface area (Å²) in [6.07, 6.45) is 1.69. The Kier molecular flexibility index (Phi) is 4.20. The first-order valence-corrected chi connectivity index (χ1v) is 5.00. The molecule has 1 saturated heterocycles. The van der Waals surface area contributed by atoms with Gasteiger partial charge in [0.2, 0.25) is 0 Å². The van der Waals surface area contributed by atoms with Gasteiger partial charge in [-0.3, -0.25) is 4.90 Å². The molecule has 13 heavy (non-hydrogen) atoms. The summed E-state index contributed by atoms with van der Waals surface area (Å²) in [7, 11) is 0. The highest BCUT2D eigenvalue weighted by Crippen LogP contribution is 2.15. The van der Waals surface area contributed by atoms with Gasteiger partial charge in [0.15, 0.2) is 0 Å². The Labute approximate surface area is 80.3 Å². The SMILES string of the molecule is CCC(CC#N)N1CCOCC1C. The van der Waals surface area contributed by atoms with Gasteiger partial charge < -0.3 is 4.74 Å². The molecule has 3 heteroatoms. The molecule has 1 aliphatic rings. The fourth-order valence-electron chi connectivity index (χ4n) is 1.88. The lowest BCUT2D eigenvalue weighted by molar-refractivity contribution is -0.0218. The van der Waals surface area contributed by atoms with Crippen molar-refractivity contribution >= 4 is 0 Å². The fourth-order valence-corrected chi connectivity index (χ4v) is 1.88. The van der Waals surface area contributed by atoms with E-state index in [4.69, 9.17) is 10.00 Å². The maximum Gasteiger partial charge on any atom is 0.0638 e. The maximum absolute atomic E-state index is 8.68. The third-order valence-corrected chi connectivity index (χ3v) is 2.69. The van der Waals surface area contributed by atoms with Crippen LogP contribution in [0, 0.1) is 11.3 Å². The minimum absolute atomic E-state index is 0.420. The molecule has 0 aromatic rings. The lowest BCUT2D eigenvalue weighted by Gasteiger charge is -2.38. The van der Waals surface area contributed by atoms with E-state index in [0.717, 1.165) is 26.2 Å². The van der Waals surface area contributed by atoms with Crippen LogP contribution in [0.4, 0.5) is 0 Å². The standard InChI is InChI=1S/C10H18N2O/c1-3-10(4-5-11)12-6-7-13-8-9(12)2/h9-10H,3-4,6-8H2,1-2H3. The number of ether oxygens (including phenoxy) is 1. The van der Waals surface area contributed by atoms with E-state index in [1.165, 1.54) is 0 Å². The van der Waals surface area contributed by atoms with Gasteiger partial charge in [-0.1, -0.05) is 6.92 Å². The van der Waals surface area contributed by atoms with Crippen molar-refractivity contribution < 1.29 is 4.74 Å². The highest BCUT2D eigenvalue weighted by Gasteiger charge is 2.24. The second kappa shape index (κ2) is 5.21. The number of hydrogen-bond donors (Lipinski definition) is 0. The van der Waals surface area contributed by atoms with Gasteiger partial charge in [0.25, 0.3) is 0 Å². The quantitative estimate of drug-likeness (QED) is 0.662. The van der Waals surface area contributed by atoms with Crippen molar-refractivity contribution in [2.24, 2.45) is 0 Å². The van der Waals surface area contributed by atoms with Crippen molar-refractivity contribution in [1.82, 2.24) is 4.90 Å². The minimum atomic E-state index is 0.420. The molecule has 0 aliphatic carbocycles. The molecule has 74 valence electrons. The van der Waals surface area contributed by atoms with E-state index in [9.17, 15) is 0 Å². The zero-order valence-corrected chi connectivity index (χ0v) is 8.49. The van der Waals surface area contributed by atoms with Crippen LogP contribution in [-0.2, 0) is 4.74 Å². The van der Waals surface area contributed by atoms with E-state index in [1.54, 1.807) is 0 Å². The average Bonchev–Trinajstić information content (AvgIpc) is 2.16. The van der Waals surface area contributed by atoms with Crippen molar-refractivity contribution in [1.29, 1.82) is 5.26 Å². The Hall–Kier alpha value is -0.590. The lowest BCUT2D eigenvalue weighted by Crippen LogP contribution is -2.49. The smallest absolute Gasteiger partial charge is 0.0638 e. The van der Waals surface area contributed by atoms with Gasteiger partial charge in [0, 0.05) is 18.6 Å². The van der Waals surface area contributed by atoms with Crippen LogP contribution in [0.25, 0.3) is 0 Å². The van der Waals surface area contributed by atoms with Crippen molar-refractivity contribution in [3.8, 4) is 6.07 Å². The normalized spacial score (nSPS) is 26.7. The molecule has 0 N–H and O–H groups in total. The zero-order chi connectivity index (χ0) is 9.68. The van der Waals surface area contributed by atoms with E-state index in [2.05, 4.69) is 24.8 Å². The van der Waals surface area contributed by atoms with Crippen LogP contribution < -0.4 is 0 Å². The Morgan fingerprint density at radius 3 is 3.00 bits per heavy atom. The molecular formula is C10H18N2O. The summed E-state index contributed by atoms with van der Waals surface area (Å²) >= 11 is 0. The molecule has 0 amide bonds. The molecule has 1 fully saturated rings. The predicted octanol–water partition coefficient (Wildman–Crippen LogP) is 1.40. The summed E-state index contributed by atoms with van der Waals surface area (Å²) in [6.45, 7) is 6.90. The summed E-state index contributed by atoms with van der Waals surface area (Å²) in [5, 5.41) is 8.68. The molecule has 0 aromatic heterocycles. The largest absolute Gasteiger partial charge is 0.379 e. The summed E-state index contributed by atoms with van der Waals surface area (Å²) in [5.74, 6) is 0. The fraction of sp³-hybridized carbons (Fsp3) is 0.900. The summed E-state index contributed by atoms with van der Waals surface area (Å²) in [5.41, 5.74) is 0. The van der Waals surface area contributed by atoms with Crippen LogP contribution in [0.5, 0.6) is 0 Å². The molecule has 0 radical (unpaired) electrons. The molecule has 0 aromatic carbocycles. The molecule has 2 atom stereocenters. The van der Waals surface area contributed by atoms with E-state index in [-0.39, 0.29) is 0 Å². The average molecular weight is 182 g/mol. The molecule has 0 saturated carbocycles. The van der Waals surface area contributed by atoms with Crippen molar-refractivity contribution in [3.05, 3.63) is 0 Å². The molecular weight excluding hydrogens is 164 g/mol. The Morgan fingerprint density at radius 2 is 2.46 bits per heavy atom. The Bertz CT molecular complexity index is 188. The van der Waals surface area contributed by atoms with E-state index in [1.807, 2.05) is 0 Å². The van der Waals surface area contributed by atoms with Gasteiger partial charge in [-0.2, -0.15) is 5.26 Å². The highest BCUT2D eigenvalue weighted by molar-refractivity contribution is 4.85. The van der Waals surface area contributed by atoms with Gasteiger partial charge >= 0.3 is 0 Å². The van der Waals surface area contributed by atoms with Crippen LogP contribution >= 0.6 is 0 Å². The molecule has 3 nitrogen and oxygen atoms in total. The molecule has 0 spiro atoms. The van der Waals surface area contributed by atoms with Crippen LogP contribution in [0.15, 0.2) is 0 Å². The van der Waals surface area contributed by atoms with E-state index < -0.39 is 0 Å². The third kappa shape index (κ3) is 2.68. The highest BCUT2D eigenvalue weighted by atomic mass is 16.5. The summed E-state index contributed by atoms with van der Waals surface area (Å²) in [6, 6.07) is 3.14. The van der Waals surface area contributed by atoms with Crippen LogP contribution in [-0.4, -0.2) is 36.7 Å². The Balaban J connectivity index is 2.50. The van der Waals surface area contributed by atoms with Gasteiger partial charge in [-0.15, -0.1) is 0 Å². The first-order chi connectivity index (χ1) is 6.29. The first-order valence-electron chi connectivity index (χ1n) is 5.00. The topological polar surface area (TPSA) is 36.3 Å². The minimum Gasteiger partial charge on any atom is -0.379 e. The van der Waals surface area contributed by atoms with Crippen molar-refractivity contribution in [3.63, 3.8) is 0 Å². The first kappa shape index (κ1) is 10.5. The lowest BCUT2D eigenvalue weighted by atomic mass is 10.1. The van der Waals surface area contributed by atoms with Gasteiger partial charge in [0.1, 0.15) is 0 Å². The van der Waals surface area contributed by atoms with Gasteiger partial charge in [-0.05, 0) is 13.3 Å². The maximum atomic E-state index is 8.68. The van der Waals surface area contributed by atoms with E-state index in [0.29, 0.717) is 18.5 Å². The summed E-state index contributed by atoms with van der Waals surface area (Å²) < 4.78 is 5.36. The number of rotatable bonds is 3. The second-order valence-corrected chi connectivity index (χ2v) is 3.59. The number of hydrogen-bond acceptors (Lipinski definition) is 3.